The molecule has 0 radical (unpaired) electrons. The summed E-state index contributed by atoms with van der Waals surface area (Å²) in [6.45, 7) is 4.70. The van der Waals surface area contributed by atoms with Gasteiger partial charge in [-0.3, -0.25) is 0 Å². The minimum absolute atomic E-state index is 0.313. The molecule has 0 fully saturated rings. The molecule has 0 saturated heterocycles. The summed E-state index contributed by atoms with van der Waals surface area (Å²) in [6.07, 6.45) is 1.62. The zero-order chi connectivity index (χ0) is 15.2. The summed E-state index contributed by atoms with van der Waals surface area (Å²) in [6, 6.07) is 12.4. The second kappa shape index (κ2) is 6.88. The van der Waals surface area contributed by atoms with Crippen LogP contribution in [0.5, 0.6) is 11.5 Å². The number of aliphatic imine (C=N–C) groups is 1. The minimum Gasteiger partial charge on any atom is -0.457 e. The van der Waals surface area contributed by atoms with Gasteiger partial charge in [-0.25, -0.2) is 9.38 Å². The molecular formula is C17H19FN2O. The van der Waals surface area contributed by atoms with Crippen molar-refractivity contribution in [3.8, 4) is 11.5 Å². The Morgan fingerprint density at radius 2 is 1.95 bits per heavy atom. The highest BCUT2D eigenvalue weighted by Gasteiger charge is 2.08. The summed E-state index contributed by atoms with van der Waals surface area (Å²) in [5.41, 5.74) is 1.15. The van der Waals surface area contributed by atoms with Crippen molar-refractivity contribution in [1.29, 1.82) is 0 Å². The molecule has 0 N–H and O–H groups in total. The first-order valence-electron chi connectivity index (χ1n) is 6.87. The van der Waals surface area contributed by atoms with Crippen molar-refractivity contribution < 1.29 is 9.13 Å². The number of hydrogen-bond acceptors (Lipinski definition) is 2. The highest BCUT2D eigenvalue weighted by Crippen LogP contribution is 2.30. The lowest BCUT2D eigenvalue weighted by Gasteiger charge is -2.11. The van der Waals surface area contributed by atoms with E-state index in [0.717, 1.165) is 12.1 Å². The van der Waals surface area contributed by atoms with Crippen LogP contribution in [-0.2, 0) is 0 Å². The molecule has 0 amide bonds. The van der Waals surface area contributed by atoms with E-state index in [0.29, 0.717) is 17.2 Å². The summed E-state index contributed by atoms with van der Waals surface area (Å²) in [4.78, 5) is 6.03. The molecular weight excluding hydrogens is 267 g/mol. The lowest BCUT2D eigenvalue weighted by Crippen LogP contribution is -2.14. The standard InChI is InChI=1S/C17H19FN2O/c1-4-20(3)12-19-16-10-13(2)17(11-15(16)18)21-14-8-6-5-7-9-14/h5-12H,4H2,1-3H3. The van der Waals surface area contributed by atoms with Crippen LogP contribution in [0, 0.1) is 12.7 Å². The first-order chi connectivity index (χ1) is 10.1. The number of nitrogens with zero attached hydrogens (tertiary/aromatic N) is 2. The molecule has 3 nitrogen and oxygen atoms in total. The predicted octanol–water partition coefficient (Wildman–Crippen LogP) is 4.54. The lowest BCUT2D eigenvalue weighted by molar-refractivity contribution is 0.473. The summed E-state index contributed by atoms with van der Waals surface area (Å²) >= 11 is 0. The maximum Gasteiger partial charge on any atom is 0.152 e. The summed E-state index contributed by atoms with van der Waals surface area (Å²) in [5.74, 6) is 0.788. The zero-order valence-electron chi connectivity index (χ0n) is 12.5. The quantitative estimate of drug-likeness (QED) is 0.595. The molecule has 4 heteroatoms. The normalized spacial score (nSPS) is 10.9. The molecule has 0 spiro atoms. The van der Waals surface area contributed by atoms with Gasteiger partial charge < -0.3 is 9.64 Å². The molecule has 21 heavy (non-hydrogen) atoms. The fourth-order valence-electron chi connectivity index (χ4n) is 1.71. The van der Waals surface area contributed by atoms with E-state index < -0.39 is 5.82 Å². The Bertz CT molecular complexity index is 626. The van der Waals surface area contributed by atoms with Gasteiger partial charge in [-0.15, -0.1) is 0 Å². The average molecular weight is 286 g/mol. The molecule has 0 unspecified atom stereocenters. The average Bonchev–Trinajstić information content (AvgIpc) is 2.50. The smallest absolute Gasteiger partial charge is 0.152 e. The van der Waals surface area contributed by atoms with Crippen LogP contribution in [0.3, 0.4) is 0 Å². The van der Waals surface area contributed by atoms with Crippen molar-refractivity contribution in [2.75, 3.05) is 13.6 Å². The van der Waals surface area contributed by atoms with Crippen molar-refractivity contribution >= 4 is 12.0 Å². The fourth-order valence-corrected chi connectivity index (χ4v) is 1.71. The molecule has 0 aliphatic carbocycles. The third-order valence-electron chi connectivity index (χ3n) is 3.11. The Balaban J connectivity index is 2.23. The SMILES string of the molecule is CCN(C)C=Nc1cc(C)c(Oc2ccccc2)cc1F. The van der Waals surface area contributed by atoms with Crippen molar-refractivity contribution in [3.63, 3.8) is 0 Å². The Kier molecular flexibility index (Phi) is 4.93. The van der Waals surface area contributed by atoms with Crippen LogP contribution in [-0.4, -0.2) is 24.8 Å². The van der Waals surface area contributed by atoms with Crippen LogP contribution in [0.1, 0.15) is 12.5 Å². The van der Waals surface area contributed by atoms with E-state index in [1.807, 2.05) is 56.1 Å². The Hall–Kier alpha value is -2.36. The molecule has 0 aliphatic rings. The summed E-state index contributed by atoms with van der Waals surface area (Å²) in [7, 11) is 1.89. The predicted molar refractivity (Wildman–Crippen MR) is 84.1 cm³/mol. The lowest BCUT2D eigenvalue weighted by atomic mass is 10.2. The highest BCUT2D eigenvalue weighted by molar-refractivity contribution is 5.62. The fraction of sp³-hybridized carbons (Fsp3) is 0.235. The Labute approximate surface area is 124 Å². The van der Waals surface area contributed by atoms with Crippen LogP contribution in [0.2, 0.25) is 0 Å². The molecule has 0 heterocycles. The number of benzene rings is 2. The van der Waals surface area contributed by atoms with E-state index in [1.165, 1.54) is 6.07 Å². The highest BCUT2D eigenvalue weighted by atomic mass is 19.1. The van der Waals surface area contributed by atoms with E-state index in [9.17, 15) is 4.39 Å². The maximum absolute atomic E-state index is 14.1. The molecule has 2 aromatic carbocycles. The third kappa shape index (κ3) is 4.05. The summed E-state index contributed by atoms with van der Waals surface area (Å²) < 4.78 is 19.8. The van der Waals surface area contributed by atoms with E-state index >= 15 is 0 Å². The second-order valence-electron chi connectivity index (χ2n) is 4.80. The molecule has 0 atom stereocenters. The zero-order valence-corrected chi connectivity index (χ0v) is 12.5. The number of ether oxygens (including phenoxy) is 1. The monoisotopic (exact) mass is 286 g/mol. The van der Waals surface area contributed by atoms with Gasteiger partial charge in [0.25, 0.3) is 0 Å². The van der Waals surface area contributed by atoms with E-state index in [-0.39, 0.29) is 0 Å². The van der Waals surface area contributed by atoms with E-state index in [2.05, 4.69) is 4.99 Å². The third-order valence-corrected chi connectivity index (χ3v) is 3.11. The van der Waals surface area contributed by atoms with Crippen molar-refractivity contribution in [3.05, 3.63) is 53.8 Å². The number of aryl methyl sites for hydroxylation is 1. The topological polar surface area (TPSA) is 24.8 Å². The van der Waals surface area contributed by atoms with Crippen LogP contribution in [0.15, 0.2) is 47.5 Å². The van der Waals surface area contributed by atoms with Crippen LogP contribution in [0.25, 0.3) is 0 Å². The van der Waals surface area contributed by atoms with Gasteiger partial charge in [0.05, 0.1) is 6.34 Å². The number of halogens is 1. The van der Waals surface area contributed by atoms with E-state index in [1.54, 1.807) is 12.4 Å². The molecule has 0 aromatic heterocycles. The first kappa shape index (κ1) is 15.0. The van der Waals surface area contributed by atoms with Crippen molar-refractivity contribution in [2.45, 2.75) is 13.8 Å². The van der Waals surface area contributed by atoms with Gasteiger partial charge in [-0.1, -0.05) is 18.2 Å². The van der Waals surface area contributed by atoms with Gasteiger partial charge in [0, 0.05) is 19.7 Å². The number of rotatable bonds is 5. The van der Waals surface area contributed by atoms with Crippen molar-refractivity contribution in [2.24, 2.45) is 4.99 Å². The number of hydrogen-bond donors (Lipinski definition) is 0. The largest absolute Gasteiger partial charge is 0.457 e. The minimum atomic E-state index is -0.396. The number of para-hydroxylation sites is 1. The van der Waals surface area contributed by atoms with Gasteiger partial charge in [0.15, 0.2) is 5.82 Å². The van der Waals surface area contributed by atoms with Gasteiger partial charge in [0.1, 0.15) is 17.2 Å². The van der Waals surface area contributed by atoms with Gasteiger partial charge >= 0.3 is 0 Å². The van der Waals surface area contributed by atoms with Gasteiger partial charge in [-0.05, 0) is 37.6 Å². The molecule has 2 rings (SSSR count). The van der Waals surface area contributed by atoms with Crippen LogP contribution in [0.4, 0.5) is 10.1 Å². The van der Waals surface area contributed by atoms with Gasteiger partial charge in [-0.2, -0.15) is 0 Å². The molecule has 0 bridgehead atoms. The van der Waals surface area contributed by atoms with Crippen molar-refractivity contribution in [1.82, 2.24) is 4.90 Å². The second-order valence-corrected chi connectivity index (χ2v) is 4.80. The van der Waals surface area contributed by atoms with Gasteiger partial charge in [0.2, 0.25) is 0 Å². The maximum atomic E-state index is 14.1. The van der Waals surface area contributed by atoms with Crippen LogP contribution >= 0.6 is 0 Å². The summed E-state index contributed by atoms with van der Waals surface area (Å²) in [5, 5.41) is 0. The Morgan fingerprint density at radius 1 is 1.24 bits per heavy atom. The molecule has 0 saturated carbocycles. The molecule has 2 aromatic rings. The first-order valence-corrected chi connectivity index (χ1v) is 6.87. The molecule has 0 aliphatic heterocycles. The Morgan fingerprint density at radius 3 is 2.62 bits per heavy atom. The molecule has 110 valence electrons. The van der Waals surface area contributed by atoms with E-state index in [4.69, 9.17) is 4.74 Å². The van der Waals surface area contributed by atoms with Crippen LogP contribution < -0.4 is 4.74 Å².